The molecule has 3 N–H and O–H groups in total. The van der Waals surface area contributed by atoms with Crippen molar-refractivity contribution in [2.24, 2.45) is 5.84 Å². The number of hydrogen-bond donors (Lipinski definition) is 2. The lowest BCUT2D eigenvalue weighted by atomic mass is 9.99. The van der Waals surface area contributed by atoms with Crippen LogP contribution in [0.4, 0.5) is 0 Å². The molecule has 1 atom stereocenters. The lowest BCUT2D eigenvalue weighted by Crippen LogP contribution is -2.37. The van der Waals surface area contributed by atoms with E-state index in [2.05, 4.69) is 52.5 Å². The SMILES string of the molecule is Cc1ccc(CCC(Cc2ccc(Br)cc2Cl)NN)cc1. The maximum absolute atomic E-state index is 6.27. The molecule has 2 aromatic rings. The average molecular weight is 368 g/mol. The zero-order chi connectivity index (χ0) is 15.2. The van der Waals surface area contributed by atoms with Crippen LogP contribution >= 0.6 is 27.5 Å². The van der Waals surface area contributed by atoms with Crippen LogP contribution in [0.1, 0.15) is 23.1 Å². The lowest BCUT2D eigenvalue weighted by Gasteiger charge is -2.17. The Balaban J connectivity index is 1.95. The van der Waals surface area contributed by atoms with E-state index in [1.54, 1.807) is 0 Å². The summed E-state index contributed by atoms with van der Waals surface area (Å²) in [6, 6.07) is 14.8. The third kappa shape index (κ3) is 5.11. The average Bonchev–Trinajstić information content (AvgIpc) is 2.47. The Morgan fingerprint density at radius 2 is 1.90 bits per heavy atom. The Bertz CT molecular complexity index is 584. The summed E-state index contributed by atoms with van der Waals surface area (Å²) in [6.07, 6.45) is 2.81. The summed E-state index contributed by atoms with van der Waals surface area (Å²) in [5.74, 6) is 5.69. The summed E-state index contributed by atoms with van der Waals surface area (Å²) >= 11 is 9.69. The highest BCUT2D eigenvalue weighted by Gasteiger charge is 2.11. The van der Waals surface area contributed by atoms with Gasteiger partial charge in [0.1, 0.15) is 0 Å². The molecule has 0 saturated carbocycles. The van der Waals surface area contributed by atoms with Gasteiger partial charge in [-0.05, 0) is 49.4 Å². The van der Waals surface area contributed by atoms with Gasteiger partial charge in [0.15, 0.2) is 0 Å². The van der Waals surface area contributed by atoms with E-state index >= 15 is 0 Å². The van der Waals surface area contributed by atoms with Crippen LogP contribution in [-0.4, -0.2) is 6.04 Å². The molecule has 0 aromatic heterocycles. The lowest BCUT2D eigenvalue weighted by molar-refractivity contribution is 0.491. The van der Waals surface area contributed by atoms with E-state index in [9.17, 15) is 0 Å². The fraction of sp³-hybridized carbons (Fsp3) is 0.294. The minimum absolute atomic E-state index is 0.213. The second-order valence-electron chi connectivity index (χ2n) is 5.33. The molecule has 2 nitrogen and oxygen atoms in total. The third-order valence-corrected chi connectivity index (χ3v) is 4.46. The van der Waals surface area contributed by atoms with Gasteiger partial charge in [-0.25, -0.2) is 0 Å². The first-order chi connectivity index (χ1) is 10.1. The molecule has 0 bridgehead atoms. The summed E-state index contributed by atoms with van der Waals surface area (Å²) < 4.78 is 0.994. The van der Waals surface area contributed by atoms with Gasteiger partial charge in [0, 0.05) is 15.5 Å². The predicted molar refractivity (Wildman–Crippen MR) is 93.5 cm³/mol. The summed E-state index contributed by atoms with van der Waals surface area (Å²) in [6.45, 7) is 2.10. The van der Waals surface area contributed by atoms with Crippen molar-refractivity contribution in [1.82, 2.24) is 5.43 Å². The van der Waals surface area contributed by atoms with Gasteiger partial charge in [0.25, 0.3) is 0 Å². The minimum Gasteiger partial charge on any atom is -0.271 e. The maximum atomic E-state index is 6.27. The molecule has 2 aromatic carbocycles. The Morgan fingerprint density at radius 1 is 1.19 bits per heavy atom. The summed E-state index contributed by atoms with van der Waals surface area (Å²) in [5.41, 5.74) is 6.64. The zero-order valence-corrected chi connectivity index (χ0v) is 14.4. The number of rotatable bonds is 6. The molecule has 2 rings (SSSR count). The van der Waals surface area contributed by atoms with E-state index in [-0.39, 0.29) is 6.04 Å². The summed E-state index contributed by atoms with van der Waals surface area (Å²) in [4.78, 5) is 0. The van der Waals surface area contributed by atoms with E-state index in [0.29, 0.717) is 0 Å². The van der Waals surface area contributed by atoms with Crippen LogP contribution in [0.3, 0.4) is 0 Å². The number of benzene rings is 2. The molecular formula is C17H20BrClN2. The number of aryl methyl sites for hydroxylation is 2. The molecule has 4 heteroatoms. The van der Waals surface area contributed by atoms with Crippen molar-refractivity contribution < 1.29 is 0 Å². The highest BCUT2D eigenvalue weighted by Crippen LogP contribution is 2.23. The molecule has 0 radical (unpaired) electrons. The Labute approximate surface area is 139 Å². The van der Waals surface area contributed by atoms with Gasteiger partial charge in [-0.3, -0.25) is 11.3 Å². The molecule has 0 aliphatic rings. The second kappa shape index (κ2) is 7.95. The van der Waals surface area contributed by atoms with E-state index < -0.39 is 0 Å². The summed E-state index contributed by atoms with van der Waals surface area (Å²) in [7, 11) is 0. The van der Waals surface area contributed by atoms with E-state index in [1.165, 1.54) is 11.1 Å². The van der Waals surface area contributed by atoms with Crippen molar-refractivity contribution in [3.63, 3.8) is 0 Å². The molecule has 0 saturated heterocycles. The van der Waals surface area contributed by atoms with Gasteiger partial charge < -0.3 is 0 Å². The van der Waals surface area contributed by atoms with E-state index in [1.807, 2.05) is 18.2 Å². The fourth-order valence-corrected chi connectivity index (χ4v) is 3.04. The molecule has 0 fully saturated rings. The Hall–Kier alpha value is -0.870. The van der Waals surface area contributed by atoms with Gasteiger partial charge in [-0.2, -0.15) is 0 Å². The maximum Gasteiger partial charge on any atom is 0.0449 e. The monoisotopic (exact) mass is 366 g/mol. The first-order valence-electron chi connectivity index (χ1n) is 7.04. The van der Waals surface area contributed by atoms with Crippen molar-refractivity contribution in [3.05, 3.63) is 68.7 Å². The second-order valence-corrected chi connectivity index (χ2v) is 6.65. The highest BCUT2D eigenvalue weighted by molar-refractivity contribution is 9.10. The zero-order valence-electron chi connectivity index (χ0n) is 12.1. The molecule has 112 valence electrons. The standard InChI is InChI=1S/C17H20BrClN2/c1-12-2-4-13(5-3-12)6-9-16(21-20)10-14-7-8-15(18)11-17(14)19/h2-5,7-8,11,16,21H,6,9-10,20H2,1H3. The van der Waals surface area contributed by atoms with Crippen LogP contribution in [0.25, 0.3) is 0 Å². The van der Waals surface area contributed by atoms with Gasteiger partial charge in [0.2, 0.25) is 0 Å². The van der Waals surface area contributed by atoms with Crippen LogP contribution in [0.5, 0.6) is 0 Å². The van der Waals surface area contributed by atoms with Gasteiger partial charge in [-0.15, -0.1) is 0 Å². The number of nitrogens with one attached hydrogen (secondary N) is 1. The predicted octanol–water partition coefficient (Wildman–Crippen LogP) is 4.42. The first kappa shape index (κ1) is 16.5. The van der Waals surface area contributed by atoms with E-state index in [4.69, 9.17) is 17.4 Å². The largest absolute Gasteiger partial charge is 0.271 e. The molecular weight excluding hydrogens is 348 g/mol. The molecule has 1 unspecified atom stereocenters. The van der Waals surface area contributed by atoms with Gasteiger partial charge in [-0.1, -0.05) is 63.4 Å². The quantitative estimate of drug-likeness (QED) is 0.586. The topological polar surface area (TPSA) is 38.0 Å². The fourth-order valence-electron chi connectivity index (χ4n) is 2.29. The molecule has 0 spiro atoms. The van der Waals surface area contributed by atoms with Crippen LogP contribution < -0.4 is 11.3 Å². The van der Waals surface area contributed by atoms with Crippen LogP contribution in [0.15, 0.2) is 46.9 Å². The van der Waals surface area contributed by atoms with Gasteiger partial charge in [0.05, 0.1) is 0 Å². The molecule has 0 aliphatic carbocycles. The van der Waals surface area contributed by atoms with Crippen molar-refractivity contribution >= 4 is 27.5 Å². The molecule has 0 amide bonds. The van der Waals surface area contributed by atoms with Crippen LogP contribution in [0.2, 0.25) is 5.02 Å². The van der Waals surface area contributed by atoms with Crippen molar-refractivity contribution in [2.45, 2.75) is 32.2 Å². The van der Waals surface area contributed by atoms with Crippen molar-refractivity contribution in [1.29, 1.82) is 0 Å². The van der Waals surface area contributed by atoms with Crippen molar-refractivity contribution in [2.75, 3.05) is 0 Å². The van der Waals surface area contributed by atoms with Gasteiger partial charge >= 0.3 is 0 Å². The summed E-state index contributed by atoms with van der Waals surface area (Å²) in [5, 5.41) is 0.778. The normalized spacial score (nSPS) is 12.4. The first-order valence-corrected chi connectivity index (χ1v) is 8.21. The third-order valence-electron chi connectivity index (χ3n) is 3.62. The number of nitrogens with two attached hydrogens (primary N) is 1. The minimum atomic E-state index is 0.213. The molecule has 0 heterocycles. The molecule has 0 aliphatic heterocycles. The Morgan fingerprint density at radius 3 is 2.52 bits per heavy atom. The van der Waals surface area contributed by atoms with Crippen molar-refractivity contribution in [3.8, 4) is 0 Å². The number of halogens is 2. The van der Waals surface area contributed by atoms with Crippen LogP contribution in [-0.2, 0) is 12.8 Å². The smallest absolute Gasteiger partial charge is 0.0449 e. The number of hydrogen-bond acceptors (Lipinski definition) is 2. The highest BCUT2D eigenvalue weighted by atomic mass is 79.9. The Kier molecular flexibility index (Phi) is 6.24. The molecule has 21 heavy (non-hydrogen) atoms. The van der Waals surface area contributed by atoms with Crippen LogP contribution in [0, 0.1) is 6.92 Å². The van der Waals surface area contributed by atoms with E-state index in [0.717, 1.165) is 34.3 Å². The number of hydrazine groups is 1.